The van der Waals surface area contributed by atoms with E-state index in [-0.39, 0.29) is 12.1 Å². The molecule has 1 unspecified atom stereocenters. The van der Waals surface area contributed by atoms with Crippen molar-refractivity contribution in [2.75, 3.05) is 46.4 Å². The number of carbonyl (C=O) groups excluding carboxylic acids is 1. The normalized spacial score (nSPS) is 23.0. The van der Waals surface area contributed by atoms with Gasteiger partial charge in [-0.25, -0.2) is 4.79 Å². The minimum absolute atomic E-state index is 0.0316. The van der Waals surface area contributed by atoms with E-state index in [1.807, 2.05) is 22.0 Å². The van der Waals surface area contributed by atoms with E-state index in [2.05, 4.69) is 29.3 Å². The van der Waals surface area contributed by atoms with Crippen LogP contribution in [0.1, 0.15) is 37.9 Å². The van der Waals surface area contributed by atoms with Crippen molar-refractivity contribution in [3.05, 3.63) is 18.0 Å². The molecular weight excluding hydrogens is 318 g/mol. The predicted molar refractivity (Wildman–Crippen MR) is 96.4 cm³/mol. The van der Waals surface area contributed by atoms with Gasteiger partial charge in [0.05, 0.1) is 19.3 Å². The second-order valence-corrected chi connectivity index (χ2v) is 7.20. The number of carbonyl (C=O) groups is 1. The number of piperidine rings is 1. The predicted octanol–water partition coefficient (Wildman–Crippen LogP) is 1.72. The van der Waals surface area contributed by atoms with Crippen molar-refractivity contribution < 1.29 is 9.53 Å². The Kier molecular flexibility index (Phi) is 6.31. The van der Waals surface area contributed by atoms with Crippen molar-refractivity contribution in [3.8, 4) is 0 Å². The Morgan fingerprint density at radius 1 is 1.36 bits per heavy atom. The largest absolute Gasteiger partial charge is 0.370 e. The molecule has 0 spiro atoms. The number of morpholine rings is 1. The average molecular weight is 349 g/mol. The van der Waals surface area contributed by atoms with Gasteiger partial charge in [-0.15, -0.1) is 0 Å². The lowest BCUT2D eigenvalue weighted by atomic mass is 9.94. The minimum Gasteiger partial charge on any atom is -0.370 e. The van der Waals surface area contributed by atoms with Crippen LogP contribution in [0.4, 0.5) is 4.79 Å². The number of urea groups is 1. The first-order valence-electron chi connectivity index (χ1n) is 9.51. The summed E-state index contributed by atoms with van der Waals surface area (Å²) < 4.78 is 7.72. The zero-order chi connectivity index (χ0) is 17.6. The summed E-state index contributed by atoms with van der Waals surface area (Å²) in [4.78, 5) is 16.7. The maximum atomic E-state index is 12.5. The molecule has 1 N–H and O–H groups in total. The maximum absolute atomic E-state index is 12.5. The molecule has 7 heteroatoms. The fraction of sp³-hybridized carbons (Fsp3) is 0.778. The van der Waals surface area contributed by atoms with Crippen LogP contribution < -0.4 is 5.32 Å². The highest BCUT2D eigenvalue weighted by Gasteiger charge is 2.26. The third-order valence-corrected chi connectivity index (χ3v) is 5.37. The molecule has 0 aliphatic carbocycles. The molecule has 1 atom stereocenters. The first kappa shape index (κ1) is 18.2. The first-order valence-corrected chi connectivity index (χ1v) is 9.51. The summed E-state index contributed by atoms with van der Waals surface area (Å²) in [5.74, 6) is 0.744. The van der Waals surface area contributed by atoms with Crippen LogP contribution >= 0.6 is 0 Å². The Labute approximate surface area is 150 Å². The van der Waals surface area contributed by atoms with Gasteiger partial charge in [-0.05, 0) is 52.2 Å². The lowest BCUT2D eigenvalue weighted by Gasteiger charge is -2.33. The molecule has 25 heavy (non-hydrogen) atoms. The second-order valence-electron chi connectivity index (χ2n) is 7.20. The van der Waals surface area contributed by atoms with Gasteiger partial charge in [0.15, 0.2) is 0 Å². The van der Waals surface area contributed by atoms with Crippen molar-refractivity contribution in [2.24, 2.45) is 5.92 Å². The summed E-state index contributed by atoms with van der Waals surface area (Å²) >= 11 is 0. The van der Waals surface area contributed by atoms with Crippen LogP contribution in [0.2, 0.25) is 0 Å². The van der Waals surface area contributed by atoms with Gasteiger partial charge in [-0.3, -0.25) is 4.68 Å². The van der Waals surface area contributed by atoms with Crippen LogP contribution in [0.3, 0.4) is 0 Å². The number of likely N-dealkylation sites (tertiary alicyclic amines) is 1. The molecule has 0 saturated carbocycles. The number of hydrogen-bond donors (Lipinski definition) is 1. The molecule has 140 valence electrons. The van der Waals surface area contributed by atoms with Gasteiger partial charge in [0, 0.05) is 31.4 Å². The Balaban J connectivity index is 1.42. The van der Waals surface area contributed by atoms with E-state index >= 15 is 0 Å². The van der Waals surface area contributed by atoms with Gasteiger partial charge < -0.3 is 19.9 Å². The van der Waals surface area contributed by atoms with E-state index < -0.39 is 0 Å². The van der Waals surface area contributed by atoms with E-state index in [4.69, 9.17) is 4.74 Å². The maximum Gasteiger partial charge on any atom is 0.317 e. The van der Waals surface area contributed by atoms with Crippen molar-refractivity contribution in [2.45, 2.75) is 38.8 Å². The molecular formula is C18H31N5O2. The van der Waals surface area contributed by atoms with Crippen molar-refractivity contribution in [3.63, 3.8) is 0 Å². The van der Waals surface area contributed by atoms with Crippen molar-refractivity contribution in [1.29, 1.82) is 0 Å². The molecule has 2 aliphatic rings. The molecule has 2 amide bonds. The number of aromatic nitrogens is 2. The Morgan fingerprint density at radius 2 is 2.16 bits per heavy atom. The molecule has 1 aromatic rings. The van der Waals surface area contributed by atoms with Gasteiger partial charge in [-0.2, -0.15) is 5.10 Å². The van der Waals surface area contributed by atoms with E-state index in [1.54, 1.807) is 0 Å². The molecule has 3 heterocycles. The third kappa shape index (κ3) is 4.95. The second kappa shape index (κ2) is 8.67. The molecule has 7 nitrogen and oxygen atoms in total. The van der Waals surface area contributed by atoms with Gasteiger partial charge in [0.2, 0.25) is 0 Å². The highest BCUT2D eigenvalue weighted by Crippen LogP contribution is 2.22. The molecule has 2 saturated heterocycles. The SMILES string of the molecule is CCn1cc(C2CN(C(=O)NCCC3CCN(C)CC3)CCO2)cn1. The highest BCUT2D eigenvalue weighted by molar-refractivity contribution is 5.74. The molecule has 0 radical (unpaired) electrons. The number of amides is 2. The molecule has 3 rings (SSSR count). The fourth-order valence-corrected chi connectivity index (χ4v) is 3.60. The number of hydrogen-bond acceptors (Lipinski definition) is 4. The number of nitrogens with zero attached hydrogens (tertiary/aromatic N) is 4. The summed E-state index contributed by atoms with van der Waals surface area (Å²) in [5.41, 5.74) is 1.05. The van der Waals surface area contributed by atoms with Crippen LogP contribution in [0.15, 0.2) is 12.4 Å². The van der Waals surface area contributed by atoms with Gasteiger partial charge in [-0.1, -0.05) is 0 Å². The zero-order valence-corrected chi connectivity index (χ0v) is 15.5. The zero-order valence-electron chi connectivity index (χ0n) is 15.5. The molecule has 1 aromatic heterocycles. The number of aryl methyl sites for hydroxylation is 1. The quantitative estimate of drug-likeness (QED) is 0.879. The number of nitrogens with one attached hydrogen (secondary N) is 1. The summed E-state index contributed by atoms with van der Waals surface area (Å²) in [5, 5.41) is 7.40. The molecule has 0 bridgehead atoms. The van der Waals surface area contributed by atoms with E-state index in [0.717, 1.165) is 31.0 Å². The minimum atomic E-state index is -0.0753. The Morgan fingerprint density at radius 3 is 2.88 bits per heavy atom. The van der Waals surface area contributed by atoms with Gasteiger partial charge in [0.1, 0.15) is 6.10 Å². The molecule has 2 aliphatic heterocycles. The topological polar surface area (TPSA) is 62.6 Å². The Bertz CT molecular complexity index is 553. The van der Waals surface area contributed by atoms with Crippen LogP contribution in [0.5, 0.6) is 0 Å². The smallest absolute Gasteiger partial charge is 0.317 e. The Hall–Kier alpha value is -1.60. The van der Waals surface area contributed by atoms with Crippen LogP contribution in [0.25, 0.3) is 0 Å². The standard InChI is InChI=1S/C18H31N5O2/c1-3-23-13-16(12-20-23)17-14-22(10-11-25-17)18(24)19-7-4-15-5-8-21(2)9-6-15/h12-13,15,17H,3-11,14H2,1-2H3,(H,19,24). The summed E-state index contributed by atoms with van der Waals surface area (Å²) in [7, 11) is 2.18. The van der Waals surface area contributed by atoms with Gasteiger partial charge >= 0.3 is 6.03 Å². The summed E-state index contributed by atoms with van der Waals surface area (Å²) in [6.07, 6.45) is 7.34. The van der Waals surface area contributed by atoms with Crippen LogP contribution in [0, 0.1) is 5.92 Å². The van der Waals surface area contributed by atoms with Crippen molar-refractivity contribution >= 4 is 6.03 Å². The third-order valence-electron chi connectivity index (χ3n) is 5.37. The summed E-state index contributed by atoms with van der Waals surface area (Å²) in [6.45, 7) is 7.84. The number of rotatable bonds is 5. The van der Waals surface area contributed by atoms with Gasteiger partial charge in [0.25, 0.3) is 0 Å². The van der Waals surface area contributed by atoms with E-state index in [0.29, 0.717) is 19.7 Å². The molecule has 2 fully saturated rings. The first-order chi connectivity index (χ1) is 12.2. The lowest BCUT2D eigenvalue weighted by Crippen LogP contribution is -2.47. The number of ether oxygens (including phenoxy) is 1. The van der Waals surface area contributed by atoms with E-state index in [9.17, 15) is 4.79 Å². The van der Waals surface area contributed by atoms with Crippen LogP contribution in [-0.4, -0.2) is 72.0 Å². The fourth-order valence-electron chi connectivity index (χ4n) is 3.60. The summed E-state index contributed by atoms with van der Waals surface area (Å²) in [6, 6.07) is 0.0316. The molecule has 0 aromatic carbocycles. The van der Waals surface area contributed by atoms with Crippen LogP contribution in [-0.2, 0) is 11.3 Å². The monoisotopic (exact) mass is 349 g/mol. The van der Waals surface area contributed by atoms with Crippen molar-refractivity contribution in [1.82, 2.24) is 24.9 Å². The average Bonchev–Trinajstić information content (AvgIpc) is 3.13. The van der Waals surface area contributed by atoms with E-state index in [1.165, 1.54) is 25.9 Å². The lowest BCUT2D eigenvalue weighted by molar-refractivity contribution is -0.0155. The highest BCUT2D eigenvalue weighted by atomic mass is 16.5.